The predicted molar refractivity (Wildman–Crippen MR) is 59.6 cm³/mol. The predicted octanol–water partition coefficient (Wildman–Crippen LogP) is 2.28. The summed E-state index contributed by atoms with van der Waals surface area (Å²) in [6.07, 6.45) is 1.29. The first-order valence-electron chi connectivity index (χ1n) is 5.55. The van der Waals surface area contributed by atoms with Gasteiger partial charge in [-0.15, -0.1) is 0 Å². The van der Waals surface area contributed by atoms with Gasteiger partial charge < -0.3 is 9.88 Å². The van der Waals surface area contributed by atoms with Crippen LogP contribution in [0.1, 0.15) is 30.8 Å². The number of rotatable bonds is 1. The van der Waals surface area contributed by atoms with Crippen molar-refractivity contribution in [3.8, 4) is 0 Å². The quantitative estimate of drug-likeness (QED) is 0.722. The molecule has 1 aromatic heterocycles. The van der Waals surface area contributed by atoms with Gasteiger partial charge in [0.2, 0.25) is 0 Å². The van der Waals surface area contributed by atoms with Gasteiger partial charge in [0.25, 0.3) is 0 Å². The first-order chi connectivity index (χ1) is 6.70. The molecule has 0 saturated carbocycles. The minimum Gasteiger partial charge on any atom is -0.345 e. The zero-order chi connectivity index (χ0) is 10.1. The van der Waals surface area contributed by atoms with E-state index >= 15 is 0 Å². The molecule has 2 rings (SSSR count). The van der Waals surface area contributed by atoms with E-state index in [0.717, 1.165) is 12.5 Å². The standard InChI is InChI=1S/C12H20N2/c1-9-6-7-13-8-12(9)14-10(2)4-5-11(14)3/h4-5,9,12-13H,6-8H2,1-3H3. The maximum absolute atomic E-state index is 3.49. The van der Waals surface area contributed by atoms with Gasteiger partial charge in [-0.05, 0) is 44.9 Å². The van der Waals surface area contributed by atoms with E-state index in [-0.39, 0.29) is 0 Å². The average molecular weight is 192 g/mol. The lowest BCUT2D eigenvalue weighted by molar-refractivity contribution is 0.269. The zero-order valence-corrected chi connectivity index (χ0v) is 9.38. The molecule has 2 heterocycles. The van der Waals surface area contributed by atoms with E-state index in [1.165, 1.54) is 24.4 Å². The Morgan fingerprint density at radius 3 is 2.50 bits per heavy atom. The minimum absolute atomic E-state index is 0.652. The van der Waals surface area contributed by atoms with E-state index in [2.05, 4.69) is 42.8 Å². The van der Waals surface area contributed by atoms with Gasteiger partial charge in [-0.2, -0.15) is 0 Å². The van der Waals surface area contributed by atoms with Crippen molar-refractivity contribution in [2.45, 2.75) is 33.2 Å². The summed E-state index contributed by atoms with van der Waals surface area (Å²) in [5, 5.41) is 3.49. The number of hydrogen-bond acceptors (Lipinski definition) is 1. The highest BCUT2D eigenvalue weighted by Gasteiger charge is 2.23. The van der Waals surface area contributed by atoms with Crippen LogP contribution in [-0.2, 0) is 0 Å². The molecule has 1 fully saturated rings. The Balaban J connectivity index is 2.28. The third kappa shape index (κ3) is 1.59. The van der Waals surface area contributed by atoms with Gasteiger partial charge in [0.15, 0.2) is 0 Å². The Bertz CT molecular complexity index is 295. The van der Waals surface area contributed by atoms with Crippen LogP contribution in [0, 0.1) is 19.8 Å². The lowest BCUT2D eigenvalue weighted by atomic mass is 9.94. The molecule has 1 aromatic rings. The number of aryl methyl sites for hydroxylation is 2. The van der Waals surface area contributed by atoms with Gasteiger partial charge in [0.1, 0.15) is 0 Å². The van der Waals surface area contributed by atoms with Crippen molar-refractivity contribution in [1.82, 2.24) is 9.88 Å². The largest absolute Gasteiger partial charge is 0.345 e. The van der Waals surface area contributed by atoms with E-state index in [0.29, 0.717) is 6.04 Å². The average Bonchev–Trinajstić information content (AvgIpc) is 2.48. The van der Waals surface area contributed by atoms with Crippen molar-refractivity contribution in [3.05, 3.63) is 23.5 Å². The monoisotopic (exact) mass is 192 g/mol. The molecule has 14 heavy (non-hydrogen) atoms. The van der Waals surface area contributed by atoms with E-state index < -0.39 is 0 Å². The molecular formula is C12H20N2. The maximum atomic E-state index is 3.49. The second kappa shape index (κ2) is 3.77. The number of piperidine rings is 1. The maximum Gasteiger partial charge on any atom is 0.0486 e. The summed E-state index contributed by atoms with van der Waals surface area (Å²) in [6.45, 7) is 9.07. The number of nitrogens with one attached hydrogen (secondary N) is 1. The van der Waals surface area contributed by atoms with Crippen molar-refractivity contribution in [2.24, 2.45) is 5.92 Å². The van der Waals surface area contributed by atoms with Crippen LogP contribution >= 0.6 is 0 Å². The summed E-state index contributed by atoms with van der Waals surface area (Å²) in [5.41, 5.74) is 2.78. The lowest BCUT2D eigenvalue weighted by Crippen LogP contribution is -2.37. The molecule has 2 nitrogen and oxygen atoms in total. The molecule has 0 aromatic carbocycles. The summed E-state index contributed by atoms with van der Waals surface area (Å²) >= 11 is 0. The summed E-state index contributed by atoms with van der Waals surface area (Å²) in [7, 11) is 0. The van der Waals surface area contributed by atoms with Crippen molar-refractivity contribution in [3.63, 3.8) is 0 Å². The summed E-state index contributed by atoms with van der Waals surface area (Å²) < 4.78 is 2.48. The summed E-state index contributed by atoms with van der Waals surface area (Å²) in [4.78, 5) is 0. The van der Waals surface area contributed by atoms with Crippen LogP contribution in [0.25, 0.3) is 0 Å². The molecule has 2 heteroatoms. The molecule has 1 saturated heterocycles. The van der Waals surface area contributed by atoms with Crippen molar-refractivity contribution >= 4 is 0 Å². The van der Waals surface area contributed by atoms with Crippen molar-refractivity contribution in [1.29, 1.82) is 0 Å². The number of hydrogen-bond donors (Lipinski definition) is 1. The molecule has 0 radical (unpaired) electrons. The van der Waals surface area contributed by atoms with Crippen molar-refractivity contribution in [2.75, 3.05) is 13.1 Å². The molecule has 1 aliphatic rings. The third-order valence-corrected chi connectivity index (χ3v) is 3.44. The molecule has 0 aliphatic carbocycles. The van der Waals surface area contributed by atoms with Gasteiger partial charge in [0, 0.05) is 24.0 Å². The molecule has 1 aliphatic heterocycles. The molecule has 0 bridgehead atoms. The van der Waals surface area contributed by atoms with Gasteiger partial charge in [-0.3, -0.25) is 0 Å². The van der Waals surface area contributed by atoms with Crippen LogP contribution in [0.4, 0.5) is 0 Å². The Morgan fingerprint density at radius 1 is 1.29 bits per heavy atom. The molecule has 2 unspecified atom stereocenters. The van der Waals surface area contributed by atoms with Crippen molar-refractivity contribution < 1.29 is 0 Å². The zero-order valence-electron chi connectivity index (χ0n) is 9.38. The SMILES string of the molecule is Cc1ccc(C)n1C1CNCCC1C. The number of nitrogens with zero attached hydrogens (tertiary/aromatic N) is 1. The van der Waals surface area contributed by atoms with Gasteiger partial charge >= 0.3 is 0 Å². The van der Waals surface area contributed by atoms with Crippen LogP contribution in [0.5, 0.6) is 0 Å². The molecule has 78 valence electrons. The van der Waals surface area contributed by atoms with Crippen LogP contribution < -0.4 is 5.32 Å². The van der Waals surface area contributed by atoms with E-state index in [4.69, 9.17) is 0 Å². The topological polar surface area (TPSA) is 17.0 Å². The fourth-order valence-electron chi connectivity index (χ4n) is 2.52. The fraction of sp³-hybridized carbons (Fsp3) is 0.667. The summed E-state index contributed by atoms with van der Waals surface area (Å²) in [5.74, 6) is 0.793. The molecular weight excluding hydrogens is 172 g/mol. The fourth-order valence-corrected chi connectivity index (χ4v) is 2.52. The Labute approximate surface area is 86.3 Å². The molecule has 0 spiro atoms. The first-order valence-corrected chi connectivity index (χ1v) is 5.55. The highest BCUT2D eigenvalue weighted by Crippen LogP contribution is 2.26. The second-order valence-corrected chi connectivity index (χ2v) is 4.52. The van der Waals surface area contributed by atoms with Gasteiger partial charge in [0.05, 0.1) is 0 Å². The van der Waals surface area contributed by atoms with Crippen LogP contribution in [0.15, 0.2) is 12.1 Å². The van der Waals surface area contributed by atoms with Gasteiger partial charge in [-0.25, -0.2) is 0 Å². The second-order valence-electron chi connectivity index (χ2n) is 4.52. The van der Waals surface area contributed by atoms with Crippen LogP contribution in [0.2, 0.25) is 0 Å². The van der Waals surface area contributed by atoms with Crippen LogP contribution in [-0.4, -0.2) is 17.7 Å². The lowest BCUT2D eigenvalue weighted by Gasteiger charge is -2.33. The highest BCUT2D eigenvalue weighted by molar-refractivity contribution is 5.15. The smallest absolute Gasteiger partial charge is 0.0486 e. The van der Waals surface area contributed by atoms with E-state index in [1.807, 2.05) is 0 Å². The minimum atomic E-state index is 0.652. The number of aromatic nitrogens is 1. The van der Waals surface area contributed by atoms with Crippen LogP contribution in [0.3, 0.4) is 0 Å². The summed E-state index contributed by atoms with van der Waals surface area (Å²) in [6, 6.07) is 5.09. The third-order valence-electron chi connectivity index (χ3n) is 3.44. The normalized spacial score (nSPS) is 27.9. The van der Waals surface area contributed by atoms with E-state index in [9.17, 15) is 0 Å². The molecule has 0 amide bonds. The highest BCUT2D eigenvalue weighted by atomic mass is 15.1. The Kier molecular flexibility index (Phi) is 2.64. The van der Waals surface area contributed by atoms with E-state index in [1.54, 1.807) is 0 Å². The first kappa shape index (κ1) is 9.78. The Hall–Kier alpha value is -0.760. The molecule has 1 N–H and O–H groups in total. The van der Waals surface area contributed by atoms with Gasteiger partial charge in [-0.1, -0.05) is 6.92 Å². The Morgan fingerprint density at radius 2 is 1.93 bits per heavy atom. The molecule has 2 atom stereocenters.